The molecule has 0 heterocycles. The Hall–Kier alpha value is -1.44. The van der Waals surface area contributed by atoms with Crippen molar-refractivity contribution >= 4 is 12.2 Å². The van der Waals surface area contributed by atoms with Crippen molar-refractivity contribution in [3.05, 3.63) is 0 Å². The van der Waals surface area contributed by atoms with E-state index in [0.29, 0.717) is 0 Å². The zero-order valence-corrected chi connectivity index (χ0v) is 5.40. The third-order valence-corrected chi connectivity index (χ3v) is 0.691. The number of aliphatic imine (C=N–C) groups is 1. The monoisotopic (exact) mass is 142 g/mol. The second kappa shape index (κ2) is 5.69. The van der Waals surface area contributed by atoms with Crippen LogP contribution >= 0.6 is 0 Å². The first-order valence-corrected chi connectivity index (χ1v) is 2.57. The molecule has 0 saturated carbocycles. The molecule has 1 unspecified atom stereocenters. The molecule has 0 amide bonds. The van der Waals surface area contributed by atoms with Gasteiger partial charge >= 0.3 is 0 Å². The first kappa shape index (κ1) is 8.56. The highest BCUT2D eigenvalue weighted by atomic mass is 16.6. The van der Waals surface area contributed by atoms with E-state index in [1.807, 2.05) is 0 Å². The van der Waals surface area contributed by atoms with Crippen LogP contribution in [0.5, 0.6) is 0 Å². The minimum absolute atomic E-state index is 0.0878. The Morgan fingerprint density at radius 2 is 2.20 bits per heavy atom. The molecule has 0 saturated heterocycles. The Bertz CT molecular complexity index is 179. The fraction of sp³-hybridized carbons (Fsp3) is 0.600. The van der Waals surface area contributed by atoms with E-state index in [1.54, 1.807) is 6.92 Å². The van der Waals surface area contributed by atoms with Gasteiger partial charge in [-0.2, -0.15) is 4.99 Å². The molecule has 0 aromatic carbocycles. The van der Waals surface area contributed by atoms with Crippen molar-refractivity contribution < 1.29 is 14.4 Å². The highest BCUT2D eigenvalue weighted by Crippen LogP contribution is 1.87. The van der Waals surface area contributed by atoms with E-state index in [9.17, 15) is 9.59 Å². The standard InChI is InChI=1S/C5H6N2O3/c1-5(6-3-8)2-10-7-4-9/h5H,2H2,1H3. The smallest absolute Gasteiger partial charge is 0.276 e. The van der Waals surface area contributed by atoms with E-state index >= 15 is 0 Å². The third kappa shape index (κ3) is 4.71. The summed E-state index contributed by atoms with van der Waals surface area (Å²) in [6.07, 6.45) is 2.53. The van der Waals surface area contributed by atoms with Crippen LogP contribution in [0.4, 0.5) is 0 Å². The quantitative estimate of drug-likeness (QED) is 0.314. The molecule has 1 atom stereocenters. The Kier molecular flexibility index (Phi) is 4.87. The van der Waals surface area contributed by atoms with Gasteiger partial charge in [-0.15, -0.1) is 0 Å². The van der Waals surface area contributed by atoms with Gasteiger partial charge in [0.1, 0.15) is 6.61 Å². The normalized spacial score (nSPS) is 10.5. The van der Waals surface area contributed by atoms with Crippen LogP contribution in [0.1, 0.15) is 6.92 Å². The molecule has 10 heavy (non-hydrogen) atoms. The van der Waals surface area contributed by atoms with Crippen LogP contribution in [0, 0.1) is 0 Å². The van der Waals surface area contributed by atoms with E-state index in [4.69, 9.17) is 0 Å². The molecular weight excluding hydrogens is 136 g/mol. The average Bonchev–Trinajstić information content (AvgIpc) is 1.89. The number of nitrogens with zero attached hydrogens (tertiary/aromatic N) is 2. The van der Waals surface area contributed by atoms with Crippen molar-refractivity contribution in [1.82, 2.24) is 0 Å². The molecule has 0 fully saturated rings. The predicted molar refractivity (Wildman–Crippen MR) is 31.7 cm³/mol. The molecule has 54 valence electrons. The molecule has 0 spiro atoms. The largest absolute Gasteiger partial charge is 0.384 e. The molecule has 0 aliphatic rings. The lowest BCUT2D eigenvalue weighted by molar-refractivity contribution is 0.134. The Morgan fingerprint density at radius 3 is 2.70 bits per heavy atom. The van der Waals surface area contributed by atoms with Gasteiger partial charge in [0.15, 0.2) is 0 Å². The highest BCUT2D eigenvalue weighted by molar-refractivity contribution is 5.33. The van der Waals surface area contributed by atoms with Crippen LogP contribution < -0.4 is 0 Å². The maximum atomic E-state index is 9.59. The number of hydrogen-bond acceptors (Lipinski definition) is 5. The van der Waals surface area contributed by atoms with Crippen LogP contribution in [0.15, 0.2) is 10.1 Å². The maximum absolute atomic E-state index is 9.59. The van der Waals surface area contributed by atoms with Gasteiger partial charge in [-0.25, -0.2) is 9.59 Å². The summed E-state index contributed by atoms with van der Waals surface area (Å²) >= 11 is 0. The Labute approximate surface area is 57.4 Å². The van der Waals surface area contributed by atoms with Crippen LogP contribution in [-0.4, -0.2) is 24.8 Å². The molecule has 0 aromatic rings. The molecule has 0 rings (SSSR count). The molecule has 5 heteroatoms. The summed E-state index contributed by atoms with van der Waals surface area (Å²) < 4.78 is 0. The van der Waals surface area contributed by atoms with Gasteiger partial charge in [0, 0.05) is 5.16 Å². The van der Waals surface area contributed by atoms with Crippen molar-refractivity contribution in [2.45, 2.75) is 13.0 Å². The summed E-state index contributed by atoms with van der Waals surface area (Å²) in [6, 6.07) is -0.324. The SMILES string of the molecule is CC(CON=C=O)N=C=O. The van der Waals surface area contributed by atoms with E-state index in [1.165, 1.54) is 12.2 Å². The van der Waals surface area contributed by atoms with E-state index in [-0.39, 0.29) is 12.6 Å². The van der Waals surface area contributed by atoms with Gasteiger partial charge < -0.3 is 4.84 Å². The number of hydrogen-bond donors (Lipinski definition) is 0. The Morgan fingerprint density at radius 1 is 1.50 bits per heavy atom. The topological polar surface area (TPSA) is 68.1 Å². The maximum Gasteiger partial charge on any atom is 0.276 e. The predicted octanol–water partition coefficient (Wildman–Crippen LogP) is -0.0219. The first-order chi connectivity index (χ1) is 4.81. The lowest BCUT2D eigenvalue weighted by atomic mass is 10.4. The second-order valence-corrected chi connectivity index (χ2v) is 1.55. The number of rotatable bonds is 4. The van der Waals surface area contributed by atoms with Crippen LogP contribution in [0.3, 0.4) is 0 Å². The Balaban J connectivity index is 3.48. The van der Waals surface area contributed by atoms with Gasteiger partial charge in [0.25, 0.3) is 6.08 Å². The summed E-state index contributed by atoms with van der Waals surface area (Å²) in [5.41, 5.74) is 0. The van der Waals surface area contributed by atoms with Gasteiger partial charge in [-0.3, -0.25) is 0 Å². The van der Waals surface area contributed by atoms with E-state index in [2.05, 4.69) is 15.0 Å². The summed E-state index contributed by atoms with van der Waals surface area (Å²) in [4.78, 5) is 26.6. The molecule has 5 nitrogen and oxygen atoms in total. The van der Waals surface area contributed by atoms with Gasteiger partial charge in [0.2, 0.25) is 6.08 Å². The third-order valence-electron chi connectivity index (χ3n) is 0.691. The average molecular weight is 142 g/mol. The summed E-state index contributed by atoms with van der Waals surface area (Å²) in [7, 11) is 0. The number of carbonyl (C=O) groups excluding carboxylic acids is 2. The lowest BCUT2D eigenvalue weighted by Crippen LogP contribution is -2.05. The second-order valence-electron chi connectivity index (χ2n) is 1.55. The fourth-order valence-electron chi connectivity index (χ4n) is 0.299. The van der Waals surface area contributed by atoms with Crippen LogP contribution in [-0.2, 0) is 14.4 Å². The van der Waals surface area contributed by atoms with Gasteiger partial charge in [-0.1, -0.05) is 0 Å². The molecule has 0 bridgehead atoms. The molecule has 0 radical (unpaired) electrons. The van der Waals surface area contributed by atoms with Crippen molar-refractivity contribution in [3.8, 4) is 0 Å². The molecule has 0 aliphatic heterocycles. The lowest BCUT2D eigenvalue weighted by Gasteiger charge is -1.97. The minimum atomic E-state index is -0.324. The molecular formula is C5H6N2O3. The summed E-state index contributed by atoms with van der Waals surface area (Å²) in [5.74, 6) is 0. The van der Waals surface area contributed by atoms with Gasteiger partial charge in [0.05, 0.1) is 6.04 Å². The van der Waals surface area contributed by atoms with Crippen LogP contribution in [0.25, 0.3) is 0 Å². The highest BCUT2D eigenvalue weighted by Gasteiger charge is 1.96. The minimum Gasteiger partial charge on any atom is -0.384 e. The molecule has 0 aliphatic carbocycles. The first-order valence-electron chi connectivity index (χ1n) is 2.57. The van der Waals surface area contributed by atoms with Gasteiger partial charge in [-0.05, 0) is 6.92 Å². The number of isocyanates is 2. The van der Waals surface area contributed by atoms with E-state index in [0.717, 1.165) is 0 Å². The zero-order valence-electron chi connectivity index (χ0n) is 5.40. The molecule has 0 N–H and O–H groups in total. The van der Waals surface area contributed by atoms with Crippen molar-refractivity contribution in [1.29, 1.82) is 0 Å². The zero-order chi connectivity index (χ0) is 7.82. The molecule has 0 aromatic heterocycles. The van der Waals surface area contributed by atoms with Crippen molar-refractivity contribution in [2.24, 2.45) is 10.1 Å². The van der Waals surface area contributed by atoms with E-state index < -0.39 is 0 Å². The van der Waals surface area contributed by atoms with Crippen molar-refractivity contribution in [3.63, 3.8) is 0 Å². The van der Waals surface area contributed by atoms with Crippen molar-refractivity contribution in [2.75, 3.05) is 6.61 Å². The van der Waals surface area contributed by atoms with Crippen LogP contribution in [0.2, 0.25) is 0 Å². The summed E-state index contributed by atoms with van der Waals surface area (Å²) in [5, 5.41) is 2.80. The fourth-order valence-corrected chi connectivity index (χ4v) is 0.299. The summed E-state index contributed by atoms with van der Waals surface area (Å²) in [6.45, 7) is 1.72.